The smallest absolute Gasteiger partial charge is 0.406 e. The van der Waals surface area contributed by atoms with Gasteiger partial charge in [-0.15, -0.1) is 0 Å². The summed E-state index contributed by atoms with van der Waals surface area (Å²) in [6.07, 6.45) is -3.34. The molecular formula is C10H15F3N2O3. The van der Waals surface area contributed by atoms with Gasteiger partial charge in [0.15, 0.2) is 0 Å². The largest absolute Gasteiger partial charge is 0.481 e. The van der Waals surface area contributed by atoms with Gasteiger partial charge in [-0.05, 0) is 12.8 Å². The quantitative estimate of drug-likeness (QED) is 0.792. The first-order valence-corrected chi connectivity index (χ1v) is 5.54. The van der Waals surface area contributed by atoms with Crippen LogP contribution in [0.1, 0.15) is 19.8 Å². The van der Waals surface area contributed by atoms with Gasteiger partial charge in [0, 0.05) is 12.6 Å². The number of carboxylic acid groups (broad SMARTS) is 1. The maximum absolute atomic E-state index is 12.3. The molecule has 0 aromatic rings. The molecule has 0 radical (unpaired) electrons. The molecule has 0 aliphatic heterocycles. The van der Waals surface area contributed by atoms with E-state index >= 15 is 0 Å². The molecule has 1 atom stereocenters. The first-order valence-electron chi connectivity index (χ1n) is 5.54. The van der Waals surface area contributed by atoms with Crippen molar-refractivity contribution in [2.45, 2.75) is 32.0 Å². The molecule has 18 heavy (non-hydrogen) atoms. The summed E-state index contributed by atoms with van der Waals surface area (Å²) < 4.78 is 36.8. The number of urea groups is 1. The average Bonchev–Trinajstić information content (AvgIpc) is 3.04. The van der Waals surface area contributed by atoms with Crippen molar-refractivity contribution in [3.8, 4) is 0 Å². The molecule has 0 spiro atoms. The number of carbonyl (C=O) groups excluding carboxylic acids is 1. The monoisotopic (exact) mass is 268 g/mol. The van der Waals surface area contributed by atoms with Gasteiger partial charge in [-0.2, -0.15) is 13.2 Å². The molecule has 2 N–H and O–H groups in total. The van der Waals surface area contributed by atoms with E-state index in [0.29, 0.717) is 17.7 Å². The predicted molar refractivity (Wildman–Crippen MR) is 56.0 cm³/mol. The summed E-state index contributed by atoms with van der Waals surface area (Å²) in [6, 6.07) is -1.24. The zero-order chi connectivity index (χ0) is 13.9. The Kier molecular flexibility index (Phi) is 4.42. The molecule has 0 saturated heterocycles. The zero-order valence-corrected chi connectivity index (χ0v) is 9.83. The van der Waals surface area contributed by atoms with Gasteiger partial charge in [0.25, 0.3) is 0 Å². The molecule has 1 saturated carbocycles. The maximum atomic E-state index is 12.3. The highest BCUT2D eigenvalue weighted by Crippen LogP contribution is 2.30. The Morgan fingerprint density at radius 1 is 1.44 bits per heavy atom. The molecule has 2 amide bonds. The third-order valence-corrected chi connectivity index (χ3v) is 2.58. The molecule has 0 aromatic carbocycles. The minimum absolute atomic E-state index is 0.185. The Balaban J connectivity index is 2.48. The summed E-state index contributed by atoms with van der Waals surface area (Å²) in [4.78, 5) is 22.8. The zero-order valence-electron chi connectivity index (χ0n) is 9.83. The van der Waals surface area contributed by atoms with Crippen molar-refractivity contribution in [2.75, 3.05) is 13.1 Å². The van der Waals surface area contributed by atoms with E-state index in [4.69, 9.17) is 5.11 Å². The highest BCUT2D eigenvalue weighted by Gasteiger charge is 2.40. The summed E-state index contributed by atoms with van der Waals surface area (Å²) in [6.45, 7) is -0.117. The molecule has 0 aromatic heterocycles. The van der Waals surface area contributed by atoms with Gasteiger partial charge in [0.2, 0.25) is 0 Å². The second-order valence-electron chi connectivity index (χ2n) is 4.40. The number of carbonyl (C=O) groups is 2. The Hall–Kier alpha value is -1.47. The lowest BCUT2D eigenvalue weighted by Crippen LogP contribution is -2.47. The van der Waals surface area contributed by atoms with E-state index in [2.05, 4.69) is 5.32 Å². The number of carboxylic acids is 1. The van der Waals surface area contributed by atoms with E-state index in [0.717, 1.165) is 0 Å². The molecule has 1 aliphatic rings. The van der Waals surface area contributed by atoms with Crippen molar-refractivity contribution in [1.82, 2.24) is 10.2 Å². The molecule has 1 unspecified atom stereocenters. The van der Waals surface area contributed by atoms with Crippen LogP contribution in [0.4, 0.5) is 18.0 Å². The highest BCUT2D eigenvalue weighted by atomic mass is 19.4. The van der Waals surface area contributed by atoms with Crippen molar-refractivity contribution >= 4 is 12.0 Å². The fourth-order valence-corrected chi connectivity index (χ4v) is 1.38. The van der Waals surface area contributed by atoms with E-state index in [1.54, 1.807) is 0 Å². The van der Waals surface area contributed by atoms with E-state index in [9.17, 15) is 22.8 Å². The number of aliphatic carboxylic acids is 1. The topological polar surface area (TPSA) is 69.6 Å². The lowest BCUT2D eigenvalue weighted by Gasteiger charge is -2.24. The third kappa shape index (κ3) is 4.80. The van der Waals surface area contributed by atoms with Crippen LogP contribution in [0.25, 0.3) is 0 Å². The van der Waals surface area contributed by atoms with Crippen molar-refractivity contribution < 1.29 is 27.9 Å². The summed E-state index contributed by atoms with van der Waals surface area (Å²) in [5, 5.41) is 10.8. The van der Waals surface area contributed by atoms with Crippen LogP contribution in [0, 0.1) is 5.92 Å². The number of rotatable bonds is 5. The van der Waals surface area contributed by atoms with Crippen molar-refractivity contribution in [2.24, 2.45) is 5.92 Å². The Bertz CT molecular complexity index is 329. The summed E-state index contributed by atoms with van der Waals surface area (Å²) in [5.41, 5.74) is 0. The van der Waals surface area contributed by atoms with Crippen molar-refractivity contribution in [3.63, 3.8) is 0 Å². The van der Waals surface area contributed by atoms with E-state index in [-0.39, 0.29) is 12.6 Å². The third-order valence-electron chi connectivity index (χ3n) is 2.58. The van der Waals surface area contributed by atoms with Gasteiger partial charge in [-0.25, -0.2) is 4.79 Å². The van der Waals surface area contributed by atoms with Gasteiger partial charge < -0.3 is 15.3 Å². The van der Waals surface area contributed by atoms with Gasteiger partial charge in [-0.3, -0.25) is 4.79 Å². The van der Waals surface area contributed by atoms with E-state index in [1.807, 2.05) is 0 Å². The van der Waals surface area contributed by atoms with Crippen LogP contribution < -0.4 is 5.32 Å². The minimum Gasteiger partial charge on any atom is -0.481 e. The van der Waals surface area contributed by atoms with Gasteiger partial charge in [0.05, 0.1) is 5.92 Å². The first kappa shape index (κ1) is 14.6. The number of alkyl halides is 3. The molecule has 8 heteroatoms. The number of amides is 2. The fourth-order valence-electron chi connectivity index (χ4n) is 1.38. The Labute approximate surface area is 102 Å². The van der Waals surface area contributed by atoms with Crippen LogP contribution >= 0.6 is 0 Å². The number of halogens is 3. The number of hydrogen-bond acceptors (Lipinski definition) is 2. The Morgan fingerprint density at radius 2 is 2.00 bits per heavy atom. The predicted octanol–water partition coefficient (Wildman–Crippen LogP) is 1.44. The molecule has 1 fully saturated rings. The van der Waals surface area contributed by atoms with Gasteiger partial charge in [0.1, 0.15) is 6.54 Å². The number of hydrogen-bond donors (Lipinski definition) is 2. The number of nitrogens with zero attached hydrogens (tertiary/aromatic N) is 1. The summed E-state index contributed by atoms with van der Waals surface area (Å²) >= 11 is 0. The molecule has 5 nitrogen and oxygen atoms in total. The SMILES string of the molecule is CC(CNC(=O)N(CC(F)(F)F)C1CC1)C(=O)O. The summed E-state index contributed by atoms with van der Waals surface area (Å²) in [5.74, 6) is -1.94. The van der Waals surface area contributed by atoms with Crippen LogP contribution in [-0.2, 0) is 4.79 Å². The van der Waals surface area contributed by atoms with E-state index in [1.165, 1.54) is 6.92 Å². The Morgan fingerprint density at radius 3 is 2.39 bits per heavy atom. The summed E-state index contributed by atoms with van der Waals surface area (Å²) in [7, 11) is 0. The molecule has 1 rings (SSSR count). The van der Waals surface area contributed by atoms with Gasteiger partial charge >= 0.3 is 18.2 Å². The molecule has 0 bridgehead atoms. The maximum Gasteiger partial charge on any atom is 0.406 e. The lowest BCUT2D eigenvalue weighted by atomic mass is 10.2. The van der Waals surface area contributed by atoms with Crippen LogP contribution in [0.2, 0.25) is 0 Å². The van der Waals surface area contributed by atoms with Crippen molar-refractivity contribution in [1.29, 1.82) is 0 Å². The van der Waals surface area contributed by atoms with E-state index < -0.39 is 30.6 Å². The van der Waals surface area contributed by atoms with Crippen molar-refractivity contribution in [3.05, 3.63) is 0 Å². The first-order chi connectivity index (χ1) is 8.20. The van der Waals surface area contributed by atoms with Crippen LogP contribution in [0.3, 0.4) is 0 Å². The molecule has 1 aliphatic carbocycles. The standard InChI is InChI=1S/C10H15F3N2O3/c1-6(8(16)17)4-14-9(18)15(7-2-3-7)5-10(11,12)13/h6-7H,2-5H2,1H3,(H,14,18)(H,16,17). The molecular weight excluding hydrogens is 253 g/mol. The van der Waals surface area contributed by atoms with Crippen LogP contribution in [0.5, 0.6) is 0 Å². The minimum atomic E-state index is -4.45. The van der Waals surface area contributed by atoms with Crippen LogP contribution in [-0.4, -0.2) is 47.3 Å². The number of nitrogens with one attached hydrogen (secondary N) is 1. The fraction of sp³-hybridized carbons (Fsp3) is 0.800. The second-order valence-corrected chi connectivity index (χ2v) is 4.40. The second kappa shape index (κ2) is 5.45. The molecule has 0 heterocycles. The highest BCUT2D eigenvalue weighted by molar-refractivity contribution is 5.76. The molecule has 104 valence electrons. The lowest BCUT2D eigenvalue weighted by molar-refractivity contribution is -0.142. The van der Waals surface area contributed by atoms with Gasteiger partial charge in [-0.1, -0.05) is 6.92 Å². The normalized spacial score (nSPS) is 17.1. The average molecular weight is 268 g/mol. The van der Waals surface area contributed by atoms with Crippen LogP contribution in [0.15, 0.2) is 0 Å².